The summed E-state index contributed by atoms with van der Waals surface area (Å²) in [4.78, 5) is 0. The minimum atomic E-state index is -4.38. The molecule has 0 heterocycles. The molecule has 2 rings (SSSR count). The molecule has 2 unspecified atom stereocenters. The maximum Gasteiger partial charge on any atom is 0.417 e. The lowest BCUT2D eigenvalue weighted by Crippen LogP contribution is -2.25. The second kappa shape index (κ2) is 9.28. The molecule has 2 aromatic rings. The number of rotatable bonds is 7. The van der Waals surface area contributed by atoms with Gasteiger partial charge in [0.15, 0.2) is 6.79 Å². The molecule has 0 aromatic heterocycles. The molecule has 0 aliphatic rings. The second-order valence-corrected chi connectivity index (χ2v) is 10.7. The van der Waals surface area contributed by atoms with E-state index in [1.807, 2.05) is 20.8 Å². The summed E-state index contributed by atoms with van der Waals surface area (Å²) in [7, 11) is 1.49. The molecule has 2 nitrogen and oxygen atoms in total. The van der Waals surface area contributed by atoms with Crippen molar-refractivity contribution in [1.82, 2.24) is 0 Å². The zero-order chi connectivity index (χ0) is 22.7. The van der Waals surface area contributed by atoms with Gasteiger partial charge in [0, 0.05) is 17.8 Å². The fraction of sp³-hybridized carbons (Fsp3) is 0.500. The van der Waals surface area contributed by atoms with Crippen LogP contribution >= 0.6 is 8.58 Å². The molecule has 0 amide bonds. The van der Waals surface area contributed by atoms with Gasteiger partial charge in [-0.3, -0.25) is 0 Å². The van der Waals surface area contributed by atoms with Crippen molar-refractivity contribution in [1.29, 1.82) is 0 Å². The van der Waals surface area contributed by atoms with Crippen LogP contribution in [-0.2, 0) is 21.5 Å². The monoisotopic (exact) mass is 440 g/mol. The zero-order valence-corrected chi connectivity index (χ0v) is 19.8. The van der Waals surface area contributed by atoms with E-state index in [-0.39, 0.29) is 20.8 Å². The third kappa shape index (κ3) is 5.56. The van der Waals surface area contributed by atoms with Crippen molar-refractivity contribution >= 4 is 13.9 Å². The minimum Gasteiger partial charge on any atom is -0.467 e. The molecule has 0 saturated heterocycles. The molecule has 30 heavy (non-hydrogen) atoms. The molecule has 0 fully saturated rings. The fourth-order valence-corrected chi connectivity index (χ4v) is 5.04. The molecular formula is C24H32F3O2P. The van der Waals surface area contributed by atoms with Gasteiger partial charge in [-0.25, -0.2) is 0 Å². The average Bonchev–Trinajstić information content (AvgIpc) is 2.65. The number of methoxy groups -OCH3 is 1. The number of halogens is 3. The Kier molecular flexibility index (Phi) is 7.63. The Balaban J connectivity index is 2.67. The Labute approximate surface area is 180 Å². The molecule has 0 N–H and O–H groups in total. The quantitative estimate of drug-likeness (QED) is 0.344. The summed E-state index contributed by atoms with van der Waals surface area (Å²) in [6, 6.07) is 10.1. The smallest absolute Gasteiger partial charge is 0.417 e. The molecule has 0 aliphatic heterocycles. The number of hydrogen-bond donors (Lipinski definition) is 0. The van der Waals surface area contributed by atoms with Gasteiger partial charge in [0.05, 0.1) is 5.56 Å². The highest BCUT2D eigenvalue weighted by molar-refractivity contribution is 7.48. The first-order chi connectivity index (χ1) is 13.8. The van der Waals surface area contributed by atoms with Crippen LogP contribution < -0.4 is 10.0 Å². The summed E-state index contributed by atoms with van der Waals surface area (Å²) in [6.45, 7) is 12.5. The van der Waals surface area contributed by atoms with E-state index in [4.69, 9.17) is 9.47 Å². The van der Waals surface area contributed by atoms with Gasteiger partial charge in [-0.1, -0.05) is 73.5 Å². The van der Waals surface area contributed by atoms with Crippen molar-refractivity contribution in [3.63, 3.8) is 0 Å². The normalized spacial score (nSPS) is 14.9. The molecule has 0 aliphatic carbocycles. The van der Waals surface area contributed by atoms with Gasteiger partial charge in [0.25, 0.3) is 0 Å². The lowest BCUT2D eigenvalue weighted by atomic mass is 9.82. The number of benzene rings is 2. The maximum absolute atomic E-state index is 13.6. The first kappa shape index (κ1) is 24.7. The third-order valence-corrected chi connectivity index (χ3v) is 7.29. The van der Waals surface area contributed by atoms with Crippen LogP contribution in [0.1, 0.15) is 63.3 Å². The Hall–Kier alpha value is -1.58. The molecule has 166 valence electrons. The molecule has 2 atom stereocenters. The van der Waals surface area contributed by atoms with Crippen LogP contribution in [0.5, 0.6) is 5.75 Å². The SMILES string of the molecule is CCC(C)(Pc1ccccc1C(F)(F)F)c1cc(C(C)(C)C)cc(C)c1OCOC. The van der Waals surface area contributed by atoms with Crippen molar-refractivity contribution in [2.45, 2.75) is 64.7 Å². The maximum atomic E-state index is 13.6. The van der Waals surface area contributed by atoms with Crippen molar-refractivity contribution in [2.75, 3.05) is 13.9 Å². The van der Waals surface area contributed by atoms with Gasteiger partial charge in [0.2, 0.25) is 0 Å². The highest BCUT2D eigenvalue weighted by Gasteiger charge is 2.37. The van der Waals surface area contributed by atoms with E-state index < -0.39 is 16.9 Å². The van der Waals surface area contributed by atoms with Crippen molar-refractivity contribution in [3.8, 4) is 5.75 Å². The minimum absolute atomic E-state index is 0.0648. The van der Waals surface area contributed by atoms with Gasteiger partial charge in [0.1, 0.15) is 5.75 Å². The highest BCUT2D eigenvalue weighted by Crippen LogP contribution is 2.50. The molecule has 0 radical (unpaired) electrons. The lowest BCUT2D eigenvalue weighted by molar-refractivity contribution is -0.136. The van der Waals surface area contributed by atoms with Crippen molar-refractivity contribution in [2.24, 2.45) is 0 Å². The molecular weight excluding hydrogens is 408 g/mol. The van der Waals surface area contributed by atoms with Crippen LogP contribution in [-0.4, -0.2) is 13.9 Å². The highest BCUT2D eigenvalue weighted by atomic mass is 31.1. The predicted molar refractivity (Wildman–Crippen MR) is 119 cm³/mol. The summed E-state index contributed by atoms with van der Waals surface area (Å²) in [5, 5.41) is -0.193. The van der Waals surface area contributed by atoms with Crippen LogP contribution in [0.2, 0.25) is 0 Å². The first-order valence-electron chi connectivity index (χ1n) is 10.0. The zero-order valence-electron chi connectivity index (χ0n) is 18.8. The standard InChI is InChI=1S/C24H32F3O2P/c1-8-23(6,30-20-12-10-9-11-18(20)24(25,26)27)19-14-17(22(3,4)5)13-16(2)21(19)29-15-28-7/h9-14,30H,8,15H2,1-7H3. The summed E-state index contributed by atoms with van der Waals surface area (Å²) < 4.78 is 51.9. The first-order valence-corrected chi connectivity index (χ1v) is 11.0. The van der Waals surface area contributed by atoms with E-state index in [2.05, 4.69) is 32.9 Å². The van der Waals surface area contributed by atoms with Crippen LogP contribution in [0, 0.1) is 6.92 Å². The molecule has 0 bridgehead atoms. The number of aryl methyl sites for hydroxylation is 1. The summed E-state index contributed by atoms with van der Waals surface area (Å²) >= 11 is 0. The lowest BCUT2D eigenvalue weighted by Gasteiger charge is -2.34. The van der Waals surface area contributed by atoms with E-state index in [1.165, 1.54) is 6.07 Å². The number of alkyl halides is 3. The van der Waals surface area contributed by atoms with E-state index >= 15 is 0 Å². The van der Waals surface area contributed by atoms with Crippen LogP contribution in [0.3, 0.4) is 0 Å². The number of hydrogen-bond acceptors (Lipinski definition) is 2. The molecule has 0 spiro atoms. The Morgan fingerprint density at radius 3 is 2.13 bits per heavy atom. The second-order valence-electron chi connectivity index (χ2n) is 8.82. The van der Waals surface area contributed by atoms with E-state index in [0.717, 1.165) is 22.8 Å². The average molecular weight is 440 g/mol. The fourth-order valence-electron chi connectivity index (χ4n) is 3.41. The number of ether oxygens (including phenoxy) is 2. The van der Waals surface area contributed by atoms with E-state index in [0.29, 0.717) is 17.5 Å². The Morgan fingerprint density at radius 2 is 1.60 bits per heavy atom. The van der Waals surface area contributed by atoms with Crippen molar-refractivity contribution in [3.05, 3.63) is 58.7 Å². The predicted octanol–water partition coefficient (Wildman–Crippen LogP) is 6.92. The van der Waals surface area contributed by atoms with Gasteiger partial charge < -0.3 is 9.47 Å². The largest absolute Gasteiger partial charge is 0.467 e. The van der Waals surface area contributed by atoms with Gasteiger partial charge >= 0.3 is 6.18 Å². The molecule has 0 saturated carbocycles. The Bertz CT molecular complexity index is 872. The van der Waals surface area contributed by atoms with Gasteiger partial charge in [-0.2, -0.15) is 13.2 Å². The van der Waals surface area contributed by atoms with Gasteiger partial charge in [-0.05, 0) is 41.3 Å². The third-order valence-electron chi connectivity index (χ3n) is 5.41. The molecule has 2 aromatic carbocycles. The van der Waals surface area contributed by atoms with Gasteiger partial charge in [-0.15, -0.1) is 0 Å². The summed E-state index contributed by atoms with van der Waals surface area (Å²) in [5.41, 5.74) is 2.37. The van der Waals surface area contributed by atoms with E-state index in [9.17, 15) is 13.2 Å². The summed E-state index contributed by atoms with van der Waals surface area (Å²) in [5.74, 6) is 0.700. The summed E-state index contributed by atoms with van der Waals surface area (Å²) in [6.07, 6.45) is -3.70. The van der Waals surface area contributed by atoms with E-state index in [1.54, 1.807) is 19.2 Å². The van der Waals surface area contributed by atoms with Crippen LogP contribution in [0.4, 0.5) is 13.2 Å². The van der Waals surface area contributed by atoms with Crippen LogP contribution in [0.15, 0.2) is 36.4 Å². The molecule has 6 heteroatoms. The van der Waals surface area contributed by atoms with Crippen molar-refractivity contribution < 1.29 is 22.6 Å². The van der Waals surface area contributed by atoms with Crippen LogP contribution in [0.25, 0.3) is 0 Å². The topological polar surface area (TPSA) is 18.5 Å². The Morgan fingerprint density at radius 1 is 0.967 bits per heavy atom.